The van der Waals surface area contributed by atoms with Crippen LogP contribution in [0.5, 0.6) is 0 Å². The molecule has 0 saturated heterocycles. The van der Waals surface area contributed by atoms with E-state index in [1.807, 2.05) is 20.2 Å². The summed E-state index contributed by atoms with van der Waals surface area (Å²) in [5.41, 5.74) is -0.782. The van der Waals surface area contributed by atoms with E-state index in [0.717, 1.165) is 17.7 Å². The fraction of sp³-hybridized carbons (Fsp3) is 0.667. The first-order valence-corrected chi connectivity index (χ1v) is 7.17. The lowest BCUT2D eigenvalue weighted by Gasteiger charge is -2.29. The van der Waals surface area contributed by atoms with Crippen molar-refractivity contribution < 1.29 is 9.90 Å². The molecule has 2 N–H and O–H groups in total. The van der Waals surface area contributed by atoms with Crippen LogP contribution in [0.2, 0.25) is 0 Å². The van der Waals surface area contributed by atoms with Crippen LogP contribution < -0.4 is 5.32 Å². The minimum absolute atomic E-state index is 0.263. The number of nitrogens with one attached hydrogen (secondary N) is 1. The monoisotopic (exact) mass is 269 g/mol. The normalized spacial score (nSPS) is 18.6. The van der Waals surface area contributed by atoms with Gasteiger partial charge in [0.1, 0.15) is 5.54 Å². The number of rotatable bonds is 7. The Balaban J connectivity index is 2.07. The average molecular weight is 269 g/mol. The Morgan fingerprint density at radius 1 is 1.72 bits per heavy atom. The van der Waals surface area contributed by atoms with E-state index in [1.165, 1.54) is 0 Å². The van der Waals surface area contributed by atoms with Gasteiger partial charge in [0.25, 0.3) is 0 Å². The van der Waals surface area contributed by atoms with Gasteiger partial charge in [-0.25, -0.2) is 0 Å². The lowest BCUT2D eigenvalue weighted by molar-refractivity contribution is -0.144. The Hall–Kier alpha value is -1.01. The fourth-order valence-electron chi connectivity index (χ4n) is 2.19. The molecule has 0 aromatic carbocycles. The van der Waals surface area contributed by atoms with Crippen LogP contribution in [0.15, 0.2) is 17.3 Å². The first kappa shape index (κ1) is 13.4. The van der Waals surface area contributed by atoms with E-state index in [4.69, 9.17) is 0 Å². The Labute approximate surface area is 111 Å². The highest BCUT2D eigenvalue weighted by Gasteiger charge is 2.50. The Morgan fingerprint density at radius 3 is 2.89 bits per heavy atom. The van der Waals surface area contributed by atoms with Gasteiger partial charge in [-0.3, -0.25) is 9.48 Å². The molecule has 5 nitrogen and oxygen atoms in total. The van der Waals surface area contributed by atoms with Crippen LogP contribution in [0.4, 0.5) is 0 Å². The zero-order valence-corrected chi connectivity index (χ0v) is 11.5. The summed E-state index contributed by atoms with van der Waals surface area (Å²) < 4.78 is 1.73. The molecule has 100 valence electrons. The zero-order chi connectivity index (χ0) is 13.2. The molecule has 1 unspecified atom stereocenters. The molecule has 1 atom stereocenters. The van der Waals surface area contributed by atoms with Crippen molar-refractivity contribution >= 4 is 17.7 Å². The molecule has 0 amide bonds. The highest BCUT2D eigenvalue weighted by molar-refractivity contribution is 7.99. The predicted octanol–water partition coefficient (Wildman–Crippen LogP) is 1.36. The number of carbonyl (C=O) groups is 1. The molecule has 1 aliphatic rings. The third-order valence-electron chi connectivity index (χ3n) is 3.30. The second-order valence-electron chi connectivity index (χ2n) is 4.72. The molecular weight excluding hydrogens is 250 g/mol. The van der Waals surface area contributed by atoms with Gasteiger partial charge in [-0.2, -0.15) is 5.10 Å². The van der Waals surface area contributed by atoms with Gasteiger partial charge in [0.2, 0.25) is 0 Å². The van der Waals surface area contributed by atoms with E-state index < -0.39 is 11.5 Å². The number of carboxylic acids is 1. The van der Waals surface area contributed by atoms with Crippen molar-refractivity contribution in [3.8, 4) is 0 Å². The molecule has 0 bridgehead atoms. The van der Waals surface area contributed by atoms with Gasteiger partial charge in [0.15, 0.2) is 0 Å². The van der Waals surface area contributed by atoms with Crippen LogP contribution in [-0.2, 0) is 11.8 Å². The molecule has 0 spiro atoms. The van der Waals surface area contributed by atoms with Crippen LogP contribution in [0.3, 0.4) is 0 Å². The lowest BCUT2D eigenvalue weighted by Crippen LogP contribution is -2.56. The molecule has 1 aromatic rings. The summed E-state index contributed by atoms with van der Waals surface area (Å²) in [4.78, 5) is 12.6. The third-order valence-corrected chi connectivity index (χ3v) is 4.44. The average Bonchev–Trinajstić information content (AvgIpc) is 3.08. The second kappa shape index (κ2) is 5.32. The highest BCUT2D eigenvalue weighted by atomic mass is 32.2. The summed E-state index contributed by atoms with van der Waals surface area (Å²) >= 11 is 1.56. The minimum Gasteiger partial charge on any atom is -0.480 e. The first-order valence-electron chi connectivity index (χ1n) is 6.18. The lowest BCUT2D eigenvalue weighted by atomic mass is 9.96. The van der Waals surface area contributed by atoms with Crippen molar-refractivity contribution in [1.29, 1.82) is 0 Å². The Kier molecular flexibility index (Phi) is 3.97. The molecule has 1 heterocycles. The fourth-order valence-corrected chi connectivity index (χ4v) is 3.39. The maximum absolute atomic E-state index is 11.6. The molecule has 0 aliphatic heterocycles. The van der Waals surface area contributed by atoms with Crippen molar-refractivity contribution in [2.45, 2.75) is 30.2 Å². The molecule has 6 heteroatoms. The number of likely N-dealkylation sites (N-methyl/N-ethyl adjacent to an activating group) is 1. The standard InChI is InChI=1S/C12H19N3O2S/c1-3-13-12(11(16)17,9-4-5-9)8-18-10-6-14-15(2)7-10/h6-7,9,13H,3-5,8H2,1-2H3,(H,16,17). The number of hydrogen-bond donors (Lipinski definition) is 2. The number of carboxylic acid groups (broad SMARTS) is 1. The van der Waals surface area contributed by atoms with Crippen LogP contribution >= 0.6 is 11.8 Å². The van der Waals surface area contributed by atoms with Gasteiger partial charge in [-0.05, 0) is 25.3 Å². The summed E-state index contributed by atoms with van der Waals surface area (Å²) in [6.07, 6.45) is 5.70. The minimum atomic E-state index is -0.782. The molecule has 18 heavy (non-hydrogen) atoms. The van der Waals surface area contributed by atoms with Gasteiger partial charge in [0.05, 0.1) is 6.20 Å². The van der Waals surface area contributed by atoms with Gasteiger partial charge in [0, 0.05) is 23.9 Å². The number of nitrogens with zero attached hydrogens (tertiary/aromatic N) is 2. The van der Waals surface area contributed by atoms with E-state index in [-0.39, 0.29) is 5.92 Å². The topological polar surface area (TPSA) is 67.2 Å². The van der Waals surface area contributed by atoms with E-state index >= 15 is 0 Å². The SMILES string of the molecule is CCNC(CSc1cnn(C)c1)(C(=O)O)C1CC1. The van der Waals surface area contributed by atoms with Crippen LogP contribution in [0.25, 0.3) is 0 Å². The molecule has 1 fully saturated rings. The third kappa shape index (κ3) is 2.70. The quantitative estimate of drug-likeness (QED) is 0.732. The van der Waals surface area contributed by atoms with Crippen molar-refractivity contribution in [1.82, 2.24) is 15.1 Å². The van der Waals surface area contributed by atoms with Gasteiger partial charge in [-0.1, -0.05) is 6.92 Å². The van der Waals surface area contributed by atoms with Crippen molar-refractivity contribution in [2.24, 2.45) is 13.0 Å². The van der Waals surface area contributed by atoms with E-state index in [0.29, 0.717) is 12.3 Å². The Morgan fingerprint density at radius 2 is 2.44 bits per heavy atom. The molecule has 1 aliphatic carbocycles. The van der Waals surface area contributed by atoms with Gasteiger partial charge in [-0.15, -0.1) is 11.8 Å². The summed E-state index contributed by atoms with van der Waals surface area (Å²) in [6, 6.07) is 0. The number of aliphatic carboxylic acids is 1. The number of thioether (sulfide) groups is 1. The zero-order valence-electron chi connectivity index (χ0n) is 10.7. The summed E-state index contributed by atoms with van der Waals surface area (Å²) in [5, 5.41) is 16.8. The summed E-state index contributed by atoms with van der Waals surface area (Å²) in [7, 11) is 1.86. The largest absolute Gasteiger partial charge is 0.480 e. The predicted molar refractivity (Wildman–Crippen MR) is 70.7 cm³/mol. The van der Waals surface area contributed by atoms with E-state index in [1.54, 1.807) is 22.6 Å². The maximum Gasteiger partial charge on any atom is 0.325 e. The van der Waals surface area contributed by atoms with Crippen LogP contribution in [0.1, 0.15) is 19.8 Å². The second-order valence-corrected chi connectivity index (χ2v) is 5.77. The molecular formula is C12H19N3O2S. The van der Waals surface area contributed by atoms with E-state index in [9.17, 15) is 9.90 Å². The number of aromatic nitrogens is 2. The summed E-state index contributed by atoms with van der Waals surface area (Å²) in [5.74, 6) is 0.0781. The van der Waals surface area contributed by atoms with Crippen LogP contribution in [-0.4, -0.2) is 38.7 Å². The molecule has 1 saturated carbocycles. The van der Waals surface area contributed by atoms with Gasteiger partial charge < -0.3 is 10.4 Å². The van der Waals surface area contributed by atoms with Crippen molar-refractivity contribution in [2.75, 3.05) is 12.3 Å². The number of aryl methyl sites for hydroxylation is 1. The van der Waals surface area contributed by atoms with Crippen molar-refractivity contribution in [3.05, 3.63) is 12.4 Å². The Bertz CT molecular complexity index is 431. The highest BCUT2D eigenvalue weighted by Crippen LogP contribution is 2.42. The van der Waals surface area contributed by atoms with Crippen molar-refractivity contribution in [3.63, 3.8) is 0 Å². The maximum atomic E-state index is 11.6. The molecule has 0 radical (unpaired) electrons. The number of hydrogen-bond acceptors (Lipinski definition) is 4. The van der Waals surface area contributed by atoms with Crippen LogP contribution in [0, 0.1) is 5.92 Å². The van der Waals surface area contributed by atoms with E-state index in [2.05, 4.69) is 10.4 Å². The smallest absolute Gasteiger partial charge is 0.325 e. The molecule has 2 rings (SSSR count). The first-order chi connectivity index (χ1) is 8.58. The summed E-state index contributed by atoms with van der Waals surface area (Å²) in [6.45, 7) is 2.63. The molecule has 1 aromatic heterocycles. The van der Waals surface area contributed by atoms with Gasteiger partial charge >= 0.3 is 5.97 Å².